The van der Waals surface area contributed by atoms with E-state index < -0.39 is 5.97 Å². The third-order valence-corrected chi connectivity index (χ3v) is 3.45. The van der Waals surface area contributed by atoms with Crippen LogP contribution in [-0.2, 0) is 9.53 Å². The summed E-state index contributed by atoms with van der Waals surface area (Å²) in [5, 5.41) is 10.1. The fraction of sp³-hybridized carbons (Fsp3) is 0.0588. The lowest BCUT2D eigenvalue weighted by Gasteiger charge is -2.06. The Hall–Kier alpha value is -3.48. The number of carbonyl (C=O) groups is 2. The van der Waals surface area contributed by atoms with Crippen LogP contribution in [-0.4, -0.2) is 34.2 Å². The van der Waals surface area contributed by atoms with E-state index in [4.69, 9.17) is 4.74 Å². The Kier molecular flexibility index (Phi) is 4.07. The van der Waals surface area contributed by atoms with Gasteiger partial charge in [0.2, 0.25) is 5.91 Å². The zero-order valence-electron chi connectivity index (χ0n) is 12.9. The van der Waals surface area contributed by atoms with E-state index >= 15 is 0 Å². The van der Waals surface area contributed by atoms with Gasteiger partial charge in [0.1, 0.15) is 0 Å². The molecule has 7 nitrogen and oxygen atoms in total. The molecular weight excluding hydrogens is 308 g/mol. The van der Waals surface area contributed by atoms with Crippen molar-refractivity contribution in [3.05, 3.63) is 54.9 Å². The van der Waals surface area contributed by atoms with E-state index in [0.29, 0.717) is 16.8 Å². The first-order chi connectivity index (χ1) is 11.6. The summed E-state index contributed by atoms with van der Waals surface area (Å²) in [7, 11) is 1.31. The summed E-state index contributed by atoms with van der Waals surface area (Å²) in [6.07, 6.45) is 2.79. The molecule has 3 rings (SSSR count). The fourth-order valence-corrected chi connectivity index (χ4v) is 2.29. The first-order valence-corrected chi connectivity index (χ1v) is 7.08. The van der Waals surface area contributed by atoms with Crippen LogP contribution in [0.25, 0.3) is 22.2 Å². The molecule has 24 heavy (non-hydrogen) atoms. The first-order valence-electron chi connectivity index (χ1n) is 7.08. The molecule has 0 atom stereocenters. The van der Waals surface area contributed by atoms with E-state index in [2.05, 4.69) is 27.1 Å². The summed E-state index contributed by atoms with van der Waals surface area (Å²) in [6, 6.07) is 8.87. The van der Waals surface area contributed by atoms with Crippen molar-refractivity contribution < 1.29 is 14.3 Å². The van der Waals surface area contributed by atoms with Gasteiger partial charge in [0, 0.05) is 22.8 Å². The number of nitrogens with one attached hydrogen (secondary N) is 2. The number of benzene rings is 1. The molecule has 2 heterocycles. The topological polar surface area (TPSA) is 97.0 Å². The minimum atomic E-state index is -0.515. The molecule has 2 N–H and O–H groups in total. The van der Waals surface area contributed by atoms with Gasteiger partial charge < -0.3 is 10.1 Å². The van der Waals surface area contributed by atoms with Gasteiger partial charge in [-0.1, -0.05) is 12.6 Å². The number of hydrogen-bond donors (Lipinski definition) is 2. The average Bonchev–Trinajstić information content (AvgIpc) is 3.04. The highest BCUT2D eigenvalue weighted by molar-refractivity contribution is 6.03. The summed E-state index contributed by atoms with van der Waals surface area (Å²) in [5.41, 5.74) is 2.96. The smallest absolute Gasteiger partial charge is 0.359 e. The van der Waals surface area contributed by atoms with Gasteiger partial charge in [0.15, 0.2) is 5.69 Å². The minimum absolute atomic E-state index is 0.213. The molecule has 120 valence electrons. The van der Waals surface area contributed by atoms with E-state index in [1.54, 1.807) is 30.5 Å². The van der Waals surface area contributed by atoms with Crippen LogP contribution < -0.4 is 5.32 Å². The van der Waals surface area contributed by atoms with Gasteiger partial charge in [0.05, 0.1) is 18.3 Å². The van der Waals surface area contributed by atoms with E-state index in [0.717, 1.165) is 11.1 Å². The number of H-pyrrole nitrogens is 1. The van der Waals surface area contributed by atoms with Crippen molar-refractivity contribution in [1.82, 2.24) is 15.2 Å². The van der Waals surface area contributed by atoms with Crippen LogP contribution in [0.4, 0.5) is 5.69 Å². The van der Waals surface area contributed by atoms with Crippen LogP contribution in [0.1, 0.15) is 10.5 Å². The SMILES string of the molecule is C=CC(=O)Nc1ccnc(-c2ccc3[nH]nc(C(=O)OC)c3c2)c1. The van der Waals surface area contributed by atoms with Crippen molar-refractivity contribution in [2.75, 3.05) is 12.4 Å². The summed E-state index contributed by atoms with van der Waals surface area (Å²) in [6.45, 7) is 3.42. The molecule has 1 amide bonds. The van der Waals surface area contributed by atoms with Crippen LogP contribution in [0.2, 0.25) is 0 Å². The quantitative estimate of drug-likeness (QED) is 0.568. The van der Waals surface area contributed by atoms with Crippen LogP contribution >= 0.6 is 0 Å². The number of pyridine rings is 1. The van der Waals surface area contributed by atoms with Crippen molar-refractivity contribution in [3.63, 3.8) is 0 Å². The second-order valence-electron chi connectivity index (χ2n) is 4.95. The normalized spacial score (nSPS) is 10.4. The molecule has 0 aliphatic heterocycles. The molecule has 0 unspecified atom stereocenters. The van der Waals surface area contributed by atoms with Crippen molar-refractivity contribution in [2.45, 2.75) is 0 Å². The number of fused-ring (bicyclic) bond motifs is 1. The predicted octanol–water partition coefficient (Wildman–Crippen LogP) is 2.54. The number of methoxy groups -OCH3 is 1. The maximum absolute atomic E-state index is 11.8. The van der Waals surface area contributed by atoms with Gasteiger partial charge in [-0.3, -0.25) is 14.9 Å². The fourth-order valence-electron chi connectivity index (χ4n) is 2.29. The van der Waals surface area contributed by atoms with E-state index in [9.17, 15) is 9.59 Å². The van der Waals surface area contributed by atoms with E-state index in [1.165, 1.54) is 13.2 Å². The summed E-state index contributed by atoms with van der Waals surface area (Å²) >= 11 is 0. The predicted molar refractivity (Wildman–Crippen MR) is 89.5 cm³/mol. The number of carbonyl (C=O) groups excluding carboxylic acids is 2. The third kappa shape index (κ3) is 2.87. The van der Waals surface area contributed by atoms with Crippen molar-refractivity contribution in [1.29, 1.82) is 0 Å². The lowest BCUT2D eigenvalue weighted by Crippen LogP contribution is -2.07. The maximum Gasteiger partial charge on any atom is 0.359 e. The summed E-state index contributed by atoms with van der Waals surface area (Å²) < 4.78 is 4.73. The molecule has 0 fully saturated rings. The standard InChI is InChI=1S/C17H14N4O3/c1-3-15(22)19-11-6-7-18-14(9-11)10-4-5-13-12(8-10)16(21-20-13)17(23)24-2/h3-9H,1H2,2H3,(H,20,21)(H,18,19,22). The van der Waals surface area contributed by atoms with Crippen LogP contribution in [0.15, 0.2) is 49.2 Å². The molecule has 1 aromatic carbocycles. The molecule has 0 aliphatic carbocycles. The molecule has 0 saturated carbocycles. The van der Waals surface area contributed by atoms with Crippen LogP contribution in [0.5, 0.6) is 0 Å². The van der Waals surface area contributed by atoms with Gasteiger partial charge in [-0.25, -0.2) is 4.79 Å². The number of esters is 1. The largest absolute Gasteiger partial charge is 0.464 e. The highest BCUT2D eigenvalue weighted by atomic mass is 16.5. The Morgan fingerprint density at radius 1 is 1.29 bits per heavy atom. The van der Waals surface area contributed by atoms with Gasteiger partial charge in [0.25, 0.3) is 0 Å². The molecule has 0 aliphatic rings. The highest BCUT2D eigenvalue weighted by Gasteiger charge is 2.15. The lowest BCUT2D eigenvalue weighted by atomic mass is 10.1. The van der Waals surface area contributed by atoms with Gasteiger partial charge in [-0.2, -0.15) is 5.10 Å². The Labute approximate surface area is 137 Å². The Morgan fingerprint density at radius 2 is 2.12 bits per heavy atom. The van der Waals surface area contributed by atoms with E-state index in [-0.39, 0.29) is 11.6 Å². The molecular formula is C17H14N4O3. The molecule has 2 aromatic heterocycles. The number of nitrogens with zero attached hydrogens (tertiary/aromatic N) is 2. The van der Waals surface area contributed by atoms with Crippen molar-refractivity contribution >= 4 is 28.5 Å². The summed E-state index contributed by atoms with van der Waals surface area (Å²) in [5.74, 6) is -0.816. The zero-order chi connectivity index (χ0) is 17.1. The minimum Gasteiger partial charge on any atom is -0.464 e. The highest BCUT2D eigenvalue weighted by Crippen LogP contribution is 2.26. The van der Waals surface area contributed by atoms with Crippen LogP contribution in [0.3, 0.4) is 0 Å². The van der Waals surface area contributed by atoms with E-state index in [1.807, 2.05) is 6.07 Å². The second kappa shape index (κ2) is 6.33. The number of ether oxygens (including phenoxy) is 1. The number of aromatic nitrogens is 3. The molecule has 0 bridgehead atoms. The lowest BCUT2D eigenvalue weighted by molar-refractivity contribution is -0.111. The molecule has 0 saturated heterocycles. The Bertz CT molecular complexity index is 946. The average molecular weight is 322 g/mol. The Balaban J connectivity index is 2.03. The first kappa shape index (κ1) is 15.4. The van der Waals surface area contributed by atoms with Gasteiger partial charge in [-0.15, -0.1) is 0 Å². The maximum atomic E-state index is 11.8. The monoisotopic (exact) mass is 322 g/mol. The zero-order valence-corrected chi connectivity index (χ0v) is 12.9. The van der Waals surface area contributed by atoms with Crippen molar-refractivity contribution in [3.8, 4) is 11.3 Å². The number of hydrogen-bond acceptors (Lipinski definition) is 5. The van der Waals surface area contributed by atoms with Gasteiger partial charge >= 0.3 is 5.97 Å². The van der Waals surface area contributed by atoms with Crippen LogP contribution in [0, 0.1) is 0 Å². The number of amides is 1. The second-order valence-corrected chi connectivity index (χ2v) is 4.95. The van der Waals surface area contributed by atoms with Crippen molar-refractivity contribution in [2.24, 2.45) is 0 Å². The number of anilines is 1. The Morgan fingerprint density at radius 3 is 2.88 bits per heavy atom. The molecule has 7 heteroatoms. The number of aromatic amines is 1. The summed E-state index contributed by atoms with van der Waals surface area (Å²) in [4.78, 5) is 27.5. The van der Waals surface area contributed by atoms with Gasteiger partial charge in [-0.05, 0) is 30.3 Å². The third-order valence-electron chi connectivity index (χ3n) is 3.45. The number of rotatable bonds is 4. The molecule has 3 aromatic rings. The molecule has 0 radical (unpaired) electrons. The molecule has 0 spiro atoms.